The Labute approximate surface area is 184 Å². The van der Waals surface area contributed by atoms with Crippen molar-refractivity contribution < 1.29 is 22.8 Å². The number of fused-ring (bicyclic) bond motifs is 1. The van der Waals surface area contributed by atoms with Crippen molar-refractivity contribution in [3.05, 3.63) is 58.3 Å². The zero-order valence-corrected chi connectivity index (χ0v) is 18.6. The van der Waals surface area contributed by atoms with Gasteiger partial charge in [0, 0.05) is 38.0 Å². The molecule has 11 nitrogen and oxygen atoms in total. The van der Waals surface area contributed by atoms with Crippen LogP contribution in [0.15, 0.2) is 57.7 Å². The summed E-state index contributed by atoms with van der Waals surface area (Å²) < 4.78 is 38.5. The van der Waals surface area contributed by atoms with Gasteiger partial charge in [-0.3, -0.25) is 10.1 Å². The summed E-state index contributed by atoms with van der Waals surface area (Å²) in [5, 5.41) is 19.5. The van der Waals surface area contributed by atoms with Crippen molar-refractivity contribution in [2.24, 2.45) is 10.2 Å². The van der Waals surface area contributed by atoms with Gasteiger partial charge in [0.2, 0.25) is 0 Å². The van der Waals surface area contributed by atoms with E-state index in [9.17, 15) is 18.5 Å². The molecular formula is C20H21N5O6S. The van der Waals surface area contributed by atoms with Gasteiger partial charge in [-0.15, -0.1) is 5.10 Å². The molecule has 0 fully saturated rings. The fraction of sp³-hybridized carbons (Fsp3) is 0.200. The van der Waals surface area contributed by atoms with E-state index in [0.717, 1.165) is 3.97 Å². The number of non-ortho nitro benzene ring substituents is 1. The summed E-state index contributed by atoms with van der Waals surface area (Å²) in [6, 6.07) is 8.56. The molecule has 0 N–H and O–H groups in total. The molecule has 3 aromatic rings. The predicted octanol–water partition coefficient (Wildman–Crippen LogP) is 2.73. The molecule has 12 heteroatoms. The van der Waals surface area contributed by atoms with Gasteiger partial charge in [0.25, 0.3) is 15.7 Å². The van der Waals surface area contributed by atoms with Crippen LogP contribution in [-0.2, 0) is 10.0 Å². The second-order valence-corrected chi connectivity index (χ2v) is 8.55. The van der Waals surface area contributed by atoms with Crippen molar-refractivity contribution in [3.8, 4) is 11.5 Å². The van der Waals surface area contributed by atoms with E-state index in [-0.39, 0.29) is 32.8 Å². The Hall–Kier alpha value is -3.93. The van der Waals surface area contributed by atoms with Crippen LogP contribution in [0, 0.1) is 10.1 Å². The largest absolute Gasteiger partial charge is 0.497 e. The smallest absolute Gasteiger partial charge is 0.279 e. The normalized spacial score (nSPS) is 12.0. The van der Waals surface area contributed by atoms with Crippen molar-refractivity contribution in [1.29, 1.82) is 0 Å². The summed E-state index contributed by atoms with van der Waals surface area (Å²) in [7, 11) is 2.04. The van der Waals surface area contributed by atoms with Crippen LogP contribution < -0.4 is 9.47 Å². The first-order chi connectivity index (χ1) is 15.2. The molecule has 0 spiro atoms. The predicted molar refractivity (Wildman–Crippen MR) is 120 cm³/mol. The number of aromatic nitrogens is 1. The number of methoxy groups -OCH3 is 2. The summed E-state index contributed by atoms with van der Waals surface area (Å²) >= 11 is 0. The molecule has 1 aromatic heterocycles. The first kappa shape index (κ1) is 22.7. The SMILES string of the molecule is COc1ccc(OC)c(S(=O)(=O)n2cc(/C=N/N=C/N(C)C)c3c([N+](=O)[O-])cccc32)c1. The molecule has 168 valence electrons. The lowest BCUT2D eigenvalue weighted by Gasteiger charge is -2.12. The molecule has 1 heterocycles. The summed E-state index contributed by atoms with van der Waals surface area (Å²) in [5.41, 5.74) is 0.0721. The highest BCUT2D eigenvalue weighted by molar-refractivity contribution is 7.90. The van der Waals surface area contributed by atoms with Crippen molar-refractivity contribution >= 4 is 39.2 Å². The number of nitro benzene ring substituents is 1. The third kappa shape index (κ3) is 4.25. The lowest BCUT2D eigenvalue weighted by atomic mass is 10.1. The lowest BCUT2D eigenvalue weighted by Crippen LogP contribution is -2.13. The maximum absolute atomic E-state index is 13.6. The lowest BCUT2D eigenvalue weighted by molar-refractivity contribution is -0.383. The van der Waals surface area contributed by atoms with Gasteiger partial charge in [-0.2, -0.15) is 5.10 Å². The number of hydrogen-bond donors (Lipinski definition) is 0. The highest BCUT2D eigenvalue weighted by Crippen LogP contribution is 2.35. The topological polar surface area (TPSA) is 129 Å². The fourth-order valence-corrected chi connectivity index (χ4v) is 4.58. The van der Waals surface area contributed by atoms with E-state index >= 15 is 0 Å². The Balaban J connectivity index is 2.30. The van der Waals surface area contributed by atoms with E-state index in [0.29, 0.717) is 5.75 Å². The number of hydrogen-bond acceptors (Lipinski definition) is 8. The monoisotopic (exact) mass is 459 g/mol. The molecule has 32 heavy (non-hydrogen) atoms. The van der Waals surface area contributed by atoms with E-state index in [4.69, 9.17) is 9.47 Å². The van der Waals surface area contributed by atoms with Crippen LogP contribution in [0.1, 0.15) is 5.56 Å². The molecule has 0 aliphatic heterocycles. The maximum atomic E-state index is 13.6. The van der Waals surface area contributed by atoms with Gasteiger partial charge in [0.1, 0.15) is 22.7 Å². The Kier molecular flexibility index (Phi) is 6.44. The second-order valence-electron chi connectivity index (χ2n) is 6.77. The number of nitrogens with zero attached hydrogens (tertiary/aromatic N) is 5. The first-order valence-electron chi connectivity index (χ1n) is 9.19. The first-order valence-corrected chi connectivity index (χ1v) is 10.6. The van der Waals surface area contributed by atoms with Crippen molar-refractivity contribution in [1.82, 2.24) is 8.87 Å². The molecule has 0 atom stereocenters. The van der Waals surface area contributed by atoms with Gasteiger partial charge in [0.15, 0.2) is 0 Å². The van der Waals surface area contributed by atoms with Crippen LogP contribution in [0.4, 0.5) is 5.69 Å². The number of rotatable bonds is 8. The van der Waals surface area contributed by atoms with Crippen LogP contribution in [-0.4, -0.2) is 63.1 Å². The minimum Gasteiger partial charge on any atom is -0.497 e. The number of nitro groups is 1. The standard InChI is InChI=1S/C20H21N5O6S/c1-23(2)13-22-21-11-14-12-24(16-6-5-7-17(20(14)16)25(26)27)32(28,29)19-10-15(30-3)8-9-18(19)31-4/h5-13H,1-4H3/b21-11+,22-13+. The van der Waals surface area contributed by atoms with Crippen LogP contribution in [0.2, 0.25) is 0 Å². The van der Waals surface area contributed by atoms with Crippen LogP contribution in [0.25, 0.3) is 10.9 Å². The molecule has 0 amide bonds. The summed E-state index contributed by atoms with van der Waals surface area (Å²) in [4.78, 5) is 12.6. The molecule has 0 radical (unpaired) electrons. The molecule has 0 saturated heterocycles. The highest BCUT2D eigenvalue weighted by atomic mass is 32.2. The maximum Gasteiger partial charge on any atom is 0.279 e. The van der Waals surface area contributed by atoms with Crippen LogP contribution in [0.5, 0.6) is 11.5 Å². The third-order valence-electron chi connectivity index (χ3n) is 4.45. The van der Waals surface area contributed by atoms with E-state index in [2.05, 4.69) is 10.2 Å². The molecule has 0 unspecified atom stereocenters. The minimum absolute atomic E-state index is 0.101. The highest BCUT2D eigenvalue weighted by Gasteiger charge is 2.28. The third-order valence-corrected chi connectivity index (χ3v) is 6.15. The van der Waals surface area contributed by atoms with Crippen molar-refractivity contribution in [2.75, 3.05) is 28.3 Å². The van der Waals surface area contributed by atoms with Gasteiger partial charge in [-0.05, 0) is 18.2 Å². The molecule has 0 aliphatic rings. The van der Waals surface area contributed by atoms with Crippen LogP contribution in [0.3, 0.4) is 0 Å². The fourth-order valence-electron chi connectivity index (χ4n) is 3.04. The summed E-state index contributed by atoms with van der Waals surface area (Å²) in [5.74, 6) is 0.413. The molecule has 0 saturated carbocycles. The van der Waals surface area contributed by atoms with E-state index in [1.54, 1.807) is 25.1 Å². The summed E-state index contributed by atoms with van der Waals surface area (Å²) in [6.07, 6.45) is 3.96. The molecule has 0 bridgehead atoms. The second kappa shape index (κ2) is 9.06. The Morgan fingerprint density at radius 1 is 1.12 bits per heavy atom. The van der Waals surface area contributed by atoms with E-state index < -0.39 is 14.9 Å². The Bertz CT molecular complexity index is 1330. The average Bonchev–Trinajstić information content (AvgIpc) is 3.15. The Morgan fingerprint density at radius 3 is 2.50 bits per heavy atom. The zero-order chi connectivity index (χ0) is 23.5. The average molecular weight is 459 g/mol. The van der Waals surface area contributed by atoms with Crippen LogP contribution >= 0.6 is 0 Å². The number of ether oxygens (including phenoxy) is 2. The van der Waals surface area contributed by atoms with E-state index in [1.165, 1.54) is 63.3 Å². The molecular weight excluding hydrogens is 438 g/mol. The van der Waals surface area contributed by atoms with Gasteiger partial charge >= 0.3 is 0 Å². The minimum atomic E-state index is -4.23. The van der Waals surface area contributed by atoms with Crippen molar-refractivity contribution in [3.63, 3.8) is 0 Å². The summed E-state index contributed by atoms with van der Waals surface area (Å²) in [6.45, 7) is 0. The van der Waals surface area contributed by atoms with Gasteiger partial charge < -0.3 is 14.4 Å². The zero-order valence-electron chi connectivity index (χ0n) is 17.8. The number of benzene rings is 2. The van der Waals surface area contributed by atoms with Gasteiger partial charge in [0.05, 0.1) is 36.3 Å². The Morgan fingerprint density at radius 2 is 1.88 bits per heavy atom. The molecule has 2 aromatic carbocycles. The molecule has 3 rings (SSSR count). The van der Waals surface area contributed by atoms with Gasteiger partial charge in [-0.1, -0.05) is 6.07 Å². The quantitative estimate of drug-likeness (QED) is 0.219. The van der Waals surface area contributed by atoms with Gasteiger partial charge in [-0.25, -0.2) is 12.4 Å². The van der Waals surface area contributed by atoms with E-state index in [1.807, 2.05) is 0 Å². The molecule has 0 aliphatic carbocycles. The van der Waals surface area contributed by atoms with Crippen molar-refractivity contribution in [2.45, 2.75) is 4.90 Å².